The van der Waals surface area contributed by atoms with E-state index in [1.165, 1.54) is 0 Å². The second kappa shape index (κ2) is 6.04. The van der Waals surface area contributed by atoms with Crippen LogP contribution in [0, 0.1) is 18.3 Å². The van der Waals surface area contributed by atoms with Crippen molar-refractivity contribution in [1.82, 2.24) is 10.3 Å². The van der Waals surface area contributed by atoms with Crippen LogP contribution in [-0.4, -0.2) is 29.1 Å². The van der Waals surface area contributed by atoms with Gasteiger partial charge in [-0.05, 0) is 19.1 Å². The van der Waals surface area contributed by atoms with Gasteiger partial charge in [0.1, 0.15) is 11.6 Å². The van der Waals surface area contributed by atoms with Gasteiger partial charge in [-0.1, -0.05) is 18.2 Å². The molecule has 1 aromatic heterocycles. The largest absolute Gasteiger partial charge is 0.395 e. The number of aryl methyl sites for hydroxylation is 1. The minimum Gasteiger partial charge on any atom is -0.395 e. The topological polar surface area (TPSA) is 88.9 Å². The Morgan fingerprint density at radius 1 is 1.50 bits per heavy atom. The lowest BCUT2D eigenvalue weighted by Gasteiger charge is -2.01. The highest BCUT2D eigenvalue weighted by Gasteiger charge is 2.11. The number of amides is 1. The summed E-state index contributed by atoms with van der Waals surface area (Å²) in [6.07, 6.45) is 1.57. The molecule has 0 radical (unpaired) electrons. The number of hydrogen-bond donors (Lipinski definition) is 3. The zero-order valence-corrected chi connectivity index (χ0v) is 11.1. The summed E-state index contributed by atoms with van der Waals surface area (Å²) in [4.78, 5) is 15.0. The zero-order valence-electron chi connectivity index (χ0n) is 11.1. The molecule has 1 heterocycles. The van der Waals surface area contributed by atoms with Crippen LogP contribution in [0.3, 0.4) is 0 Å². The van der Waals surface area contributed by atoms with E-state index in [1.807, 2.05) is 37.3 Å². The van der Waals surface area contributed by atoms with Crippen LogP contribution in [0.25, 0.3) is 17.0 Å². The van der Waals surface area contributed by atoms with E-state index < -0.39 is 5.91 Å². The summed E-state index contributed by atoms with van der Waals surface area (Å²) >= 11 is 0. The molecular weight excluding hydrogens is 254 g/mol. The lowest BCUT2D eigenvalue weighted by atomic mass is 10.1. The van der Waals surface area contributed by atoms with Crippen molar-refractivity contribution < 1.29 is 9.90 Å². The monoisotopic (exact) mass is 269 g/mol. The van der Waals surface area contributed by atoms with Gasteiger partial charge in [0.2, 0.25) is 0 Å². The van der Waals surface area contributed by atoms with Gasteiger partial charge in [0, 0.05) is 28.7 Å². The SMILES string of the molecule is Cc1[nH]c2ccccc2c1/C=C(\C#N)C(=O)NCCO. The number of nitrogens with zero attached hydrogens (tertiary/aromatic N) is 1. The normalized spacial score (nSPS) is 11.3. The van der Waals surface area contributed by atoms with Crippen LogP contribution in [0.4, 0.5) is 0 Å². The Morgan fingerprint density at radius 2 is 2.25 bits per heavy atom. The molecule has 0 aliphatic rings. The number of fused-ring (bicyclic) bond motifs is 1. The summed E-state index contributed by atoms with van der Waals surface area (Å²) in [6, 6.07) is 9.60. The Kier molecular flexibility index (Phi) is 4.18. The average Bonchev–Trinajstić information content (AvgIpc) is 2.77. The third kappa shape index (κ3) is 2.71. The van der Waals surface area contributed by atoms with Gasteiger partial charge in [-0.25, -0.2) is 0 Å². The summed E-state index contributed by atoms with van der Waals surface area (Å²) < 4.78 is 0. The molecule has 0 spiro atoms. The van der Waals surface area contributed by atoms with Gasteiger partial charge < -0.3 is 15.4 Å². The molecule has 2 rings (SSSR count). The van der Waals surface area contributed by atoms with Crippen LogP contribution >= 0.6 is 0 Å². The van der Waals surface area contributed by atoms with Crippen LogP contribution in [0.2, 0.25) is 0 Å². The van der Waals surface area contributed by atoms with Crippen molar-refractivity contribution in [2.75, 3.05) is 13.2 Å². The average molecular weight is 269 g/mol. The fourth-order valence-electron chi connectivity index (χ4n) is 2.04. The summed E-state index contributed by atoms with van der Waals surface area (Å²) in [5.41, 5.74) is 2.71. The number of hydrogen-bond acceptors (Lipinski definition) is 3. The summed E-state index contributed by atoms with van der Waals surface area (Å²) in [7, 11) is 0. The second-order valence-electron chi connectivity index (χ2n) is 4.36. The van der Waals surface area contributed by atoms with Crippen LogP contribution < -0.4 is 5.32 Å². The fraction of sp³-hybridized carbons (Fsp3) is 0.200. The number of carbonyl (C=O) groups is 1. The molecule has 0 aliphatic heterocycles. The van der Waals surface area contributed by atoms with Crippen LogP contribution in [-0.2, 0) is 4.79 Å². The van der Waals surface area contributed by atoms with E-state index in [0.717, 1.165) is 22.2 Å². The number of nitrogens with one attached hydrogen (secondary N) is 2. The minimum atomic E-state index is -0.480. The molecule has 2 aromatic rings. The summed E-state index contributed by atoms with van der Waals surface area (Å²) in [5.74, 6) is -0.480. The van der Waals surface area contributed by atoms with Crippen LogP contribution in [0.1, 0.15) is 11.3 Å². The van der Waals surface area contributed by atoms with Gasteiger partial charge in [0.25, 0.3) is 5.91 Å². The van der Waals surface area contributed by atoms with Crippen molar-refractivity contribution >= 4 is 22.9 Å². The van der Waals surface area contributed by atoms with Crippen molar-refractivity contribution in [2.24, 2.45) is 0 Å². The Balaban J connectivity index is 2.42. The molecule has 3 N–H and O–H groups in total. The van der Waals surface area contributed by atoms with Crippen molar-refractivity contribution in [3.05, 3.63) is 41.1 Å². The van der Waals surface area contributed by atoms with E-state index in [4.69, 9.17) is 10.4 Å². The molecule has 5 heteroatoms. The van der Waals surface area contributed by atoms with Gasteiger partial charge in [0.05, 0.1) is 6.61 Å². The van der Waals surface area contributed by atoms with E-state index in [1.54, 1.807) is 6.08 Å². The molecule has 1 amide bonds. The Labute approximate surface area is 116 Å². The molecule has 5 nitrogen and oxygen atoms in total. The van der Waals surface area contributed by atoms with E-state index in [2.05, 4.69) is 10.3 Å². The van der Waals surface area contributed by atoms with E-state index in [-0.39, 0.29) is 18.7 Å². The molecule has 0 saturated heterocycles. The first-order valence-electron chi connectivity index (χ1n) is 6.25. The third-order valence-corrected chi connectivity index (χ3v) is 2.99. The van der Waals surface area contributed by atoms with Gasteiger partial charge >= 0.3 is 0 Å². The molecule has 0 atom stereocenters. The predicted octanol–water partition coefficient (Wildman–Crippen LogP) is 1.49. The highest BCUT2D eigenvalue weighted by Crippen LogP contribution is 2.24. The molecule has 0 fully saturated rings. The minimum absolute atomic E-state index is 0.0197. The summed E-state index contributed by atoms with van der Waals surface area (Å²) in [5, 5.41) is 21.2. The van der Waals surface area contributed by atoms with E-state index in [9.17, 15) is 4.79 Å². The molecule has 0 unspecified atom stereocenters. The number of para-hydroxylation sites is 1. The molecule has 102 valence electrons. The number of aliphatic hydroxyl groups is 1. The standard InChI is InChI=1S/C15H15N3O2/c1-10-13(12-4-2-3-5-14(12)18-10)8-11(9-16)15(20)17-6-7-19/h2-5,8,18-19H,6-7H2,1H3,(H,17,20)/b11-8+. The Hall–Kier alpha value is -2.58. The highest BCUT2D eigenvalue weighted by molar-refractivity contribution is 6.04. The fourth-order valence-corrected chi connectivity index (χ4v) is 2.04. The lowest BCUT2D eigenvalue weighted by molar-refractivity contribution is -0.117. The quantitative estimate of drug-likeness (QED) is 0.580. The number of carbonyl (C=O) groups excluding carboxylic acids is 1. The lowest BCUT2D eigenvalue weighted by Crippen LogP contribution is -2.27. The molecule has 0 saturated carbocycles. The van der Waals surface area contributed by atoms with Gasteiger partial charge in [0.15, 0.2) is 0 Å². The van der Waals surface area contributed by atoms with Gasteiger partial charge in [-0.15, -0.1) is 0 Å². The van der Waals surface area contributed by atoms with Crippen molar-refractivity contribution in [1.29, 1.82) is 5.26 Å². The first-order chi connectivity index (χ1) is 9.67. The molecule has 0 aliphatic carbocycles. The molecule has 0 bridgehead atoms. The van der Waals surface area contributed by atoms with Crippen molar-refractivity contribution in [3.63, 3.8) is 0 Å². The third-order valence-electron chi connectivity index (χ3n) is 2.99. The van der Waals surface area contributed by atoms with Crippen LogP contribution in [0.15, 0.2) is 29.8 Å². The van der Waals surface area contributed by atoms with Gasteiger partial charge in [-0.2, -0.15) is 5.26 Å². The first-order valence-corrected chi connectivity index (χ1v) is 6.25. The zero-order chi connectivity index (χ0) is 14.5. The molecule has 20 heavy (non-hydrogen) atoms. The number of aliphatic hydroxyl groups excluding tert-OH is 1. The molecular formula is C15H15N3O2. The highest BCUT2D eigenvalue weighted by atomic mass is 16.3. The number of H-pyrrole nitrogens is 1. The van der Waals surface area contributed by atoms with Crippen molar-refractivity contribution in [3.8, 4) is 6.07 Å². The summed E-state index contributed by atoms with van der Waals surface area (Å²) in [6.45, 7) is 1.87. The maximum absolute atomic E-state index is 11.8. The van der Waals surface area contributed by atoms with E-state index >= 15 is 0 Å². The first kappa shape index (κ1) is 13.8. The number of rotatable bonds is 4. The smallest absolute Gasteiger partial charge is 0.262 e. The predicted molar refractivity (Wildman–Crippen MR) is 76.7 cm³/mol. The Bertz CT molecular complexity index is 707. The number of benzene rings is 1. The maximum atomic E-state index is 11.8. The van der Waals surface area contributed by atoms with Crippen LogP contribution in [0.5, 0.6) is 0 Å². The number of aromatic amines is 1. The van der Waals surface area contributed by atoms with Crippen molar-refractivity contribution in [2.45, 2.75) is 6.92 Å². The molecule has 1 aromatic carbocycles. The maximum Gasteiger partial charge on any atom is 0.262 e. The number of aromatic nitrogens is 1. The van der Waals surface area contributed by atoms with Gasteiger partial charge in [-0.3, -0.25) is 4.79 Å². The second-order valence-corrected chi connectivity index (χ2v) is 4.36. The number of nitriles is 1. The van der Waals surface area contributed by atoms with E-state index in [0.29, 0.717) is 0 Å². The Morgan fingerprint density at radius 3 is 2.95 bits per heavy atom.